The average Bonchev–Trinajstić information content (AvgIpc) is 3.38. The number of nitrogens with one attached hydrogen (secondary N) is 1. The van der Waals surface area contributed by atoms with E-state index in [0.29, 0.717) is 41.2 Å². The second-order valence-corrected chi connectivity index (χ2v) is 8.68. The number of aromatic nitrogens is 3. The Morgan fingerprint density at radius 3 is 2.55 bits per heavy atom. The van der Waals surface area contributed by atoms with Crippen LogP contribution in [0.25, 0.3) is 27.5 Å². The van der Waals surface area contributed by atoms with E-state index in [-0.39, 0.29) is 36.2 Å². The molecule has 4 aromatic rings. The zero-order chi connectivity index (χ0) is 23.7. The number of aromatic amines is 1. The lowest BCUT2D eigenvalue weighted by Crippen LogP contribution is -2.10. The van der Waals surface area contributed by atoms with Crippen molar-refractivity contribution < 1.29 is 23.8 Å². The molecule has 0 radical (unpaired) electrons. The third-order valence-corrected chi connectivity index (χ3v) is 6.14. The van der Waals surface area contributed by atoms with Crippen LogP contribution >= 0.6 is 0 Å². The summed E-state index contributed by atoms with van der Waals surface area (Å²) in [5.74, 6) is -2.04. The first-order chi connectivity index (χ1) is 15.8. The van der Waals surface area contributed by atoms with Crippen molar-refractivity contribution in [2.24, 2.45) is 0 Å². The van der Waals surface area contributed by atoms with Crippen molar-refractivity contribution in [3.05, 3.63) is 59.4 Å². The number of benzene rings is 2. The first-order valence-electron chi connectivity index (χ1n) is 11.1. The summed E-state index contributed by atoms with van der Waals surface area (Å²) in [6, 6.07) is 7.90. The molecule has 8 heteroatoms. The number of H-pyrrole nitrogens is 1. The summed E-state index contributed by atoms with van der Waals surface area (Å²) in [4.78, 5) is 11.4. The predicted octanol–water partition coefficient (Wildman–Crippen LogP) is 5.63. The third kappa shape index (κ3) is 4.23. The van der Waals surface area contributed by atoms with E-state index >= 15 is 4.39 Å². The summed E-state index contributed by atoms with van der Waals surface area (Å²) in [6.45, 7) is 3.97. The Morgan fingerprint density at radius 1 is 1.18 bits per heavy atom. The number of rotatable bonds is 9. The maximum absolute atomic E-state index is 16.0. The number of nitrogens with zero attached hydrogens (tertiary/aromatic N) is 2. The Morgan fingerprint density at radius 2 is 1.91 bits per heavy atom. The Hall–Kier alpha value is -3.26. The highest BCUT2D eigenvalue weighted by atomic mass is 19.1. The van der Waals surface area contributed by atoms with Crippen molar-refractivity contribution in [1.82, 2.24) is 14.8 Å². The minimum atomic E-state index is -0.922. The standard InChI is InChI=1S/C25H27F2N3O3/c1-14(2)25-21(15(4-3-11-31)5-10-20(32)33)22-19(12-16-13-28-29-24(16)23(22)27)30(25)18-8-6-17(26)7-9-18/h6-9,12-15,31H,3-5,10-11H2,1-2H3,(H,28,29)(H,32,33). The van der Waals surface area contributed by atoms with Crippen LogP contribution in [-0.4, -0.2) is 37.6 Å². The molecular formula is C25H27F2N3O3. The molecule has 0 aliphatic rings. The van der Waals surface area contributed by atoms with Crippen LogP contribution in [0.15, 0.2) is 36.5 Å². The van der Waals surface area contributed by atoms with Gasteiger partial charge in [-0.2, -0.15) is 5.10 Å². The van der Waals surface area contributed by atoms with Crippen LogP contribution in [0.3, 0.4) is 0 Å². The third-order valence-electron chi connectivity index (χ3n) is 6.14. The quantitative estimate of drug-likeness (QED) is 0.305. The van der Waals surface area contributed by atoms with Crippen LogP contribution in [0.4, 0.5) is 8.78 Å². The van der Waals surface area contributed by atoms with Gasteiger partial charge in [-0.05, 0) is 67.0 Å². The highest BCUT2D eigenvalue weighted by Crippen LogP contribution is 2.44. The van der Waals surface area contributed by atoms with Gasteiger partial charge in [-0.15, -0.1) is 0 Å². The number of hydrogen-bond acceptors (Lipinski definition) is 3. The minimum Gasteiger partial charge on any atom is -0.481 e. The Labute approximate surface area is 189 Å². The smallest absolute Gasteiger partial charge is 0.303 e. The number of carboxylic acids is 1. The number of fused-ring (bicyclic) bond motifs is 2. The minimum absolute atomic E-state index is 0.0326. The molecular weight excluding hydrogens is 428 g/mol. The van der Waals surface area contributed by atoms with Crippen molar-refractivity contribution in [2.75, 3.05) is 6.61 Å². The number of carbonyl (C=O) groups is 1. The fourth-order valence-electron chi connectivity index (χ4n) is 4.77. The Bertz CT molecular complexity index is 1290. The molecule has 0 bridgehead atoms. The zero-order valence-corrected chi connectivity index (χ0v) is 18.6. The van der Waals surface area contributed by atoms with Gasteiger partial charge in [0, 0.05) is 35.2 Å². The normalized spacial score (nSPS) is 12.8. The molecule has 0 aliphatic carbocycles. The summed E-state index contributed by atoms with van der Waals surface area (Å²) in [5.41, 5.74) is 3.20. The van der Waals surface area contributed by atoms with Gasteiger partial charge in [0.25, 0.3) is 0 Å². The first kappa shape index (κ1) is 22.9. The van der Waals surface area contributed by atoms with Gasteiger partial charge >= 0.3 is 5.97 Å². The van der Waals surface area contributed by atoms with Crippen molar-refractivity contribution in [1.29, 1.82) is 0 Å². The molecule has 33 heavy (non-hydrogen) atoms. The molecule has 1 unspecified atom stereocenters. The molecule has 0 fully saturated rings. The lowest BCUT2D eigenvalue weighted by atomic mass is 9.85. The fourth-order valence-corrected chi connectivity index (χ4v) is 4.77. The van der Waals surface area contributed by atoms with Gasteiger partial charge in [-0.1, -0.05) is 13.8 Å². The van der Waals surface area contributed by atoms with E-state index in [4.69, 9.17) is 0 Å². The number of hydrogen-bond donors (Lipinski definition) is 3. The molecule has 3 N–H and O–H groups in total. The zero-order valence-electron chi connectivity index (χ0n) is 18.6. The van der Waals surface area contributed by atoms with E-state index in [1.165, 1.54) is 12.1 Å². The van der Waals surface area contributed by atoms with Gasteiger partial charge in [0.2, 0.25) is 0 Å². The second kappa shape index (κ2) is 9.31. The molecule has 4 rings (SSSR count). The second-order valence-electron chi connectivity index (χ2n) is 8.68. The lowest BCUT2D eigenvalue weighted by Gasteiger charge is -2.21. The van der Waals surface area contributed by atoms with Crippen LogP contribution in [0.1, 0.15) is 62.6 Å². The molecule has 6 nitrogen and oxygen atoms in total. The van der Waals surface area contributed by atoms with E-state index in [1.54, 1.807) is 18.3 Å². The maximum Gasteiger partial charge on any atom is 0.303 e. The van der Waals surface area contributed by atoms with Gasteiger partial charge in [0.1, 0.15) is 11.3 Å². The summed E-state index contributed by atoms with van der Waals surface area (Å²) >= 11 is 0. The van der Waals surface area contributed by atoms with E-state index in [9.17, 15) is 19.4 Å². The predicted molar refractivity (Wildman–Crippen MR) is 123 cm³/mol. The maximum atomic E-state index is 16.0. The van der Waals surface area contributed by atoms with Crippen molar-refractivity contribution in [2.45, 2.75) is 51.4 Å². The van der Waals surface area contributed by atoms with E-state index in [2.05, 4.69) is 10.2 Å². The fraction of sp³-hybridized carbons (Fsp3) is 0.360. The highest BCUT2D eigenvalue weighted by molar-refractivity contribution is 5.99. The average molecular weight is 456 g/mol. The van der Waals surface area contributed by atoms with Crippen LogP contribution in [0.2, 0.25) is 0 Å². The molecule has 0 saturated carbocycles. The van der Waals surface area contributed by atoms with Gasteiger partial charge in [-0.3, -0.25) is 9.89 Å². The molecule has 2 aromatic carbocycles. The summed E-state index contributed by atoms with van der Waals surface area (Å²) in [6.07, 6.45) is 2.80. The van der Waals surface area contributed by atoms with Gasteiger partial charge < -0.3 is 14.8 Å². The van der Waals surface area contributed by atoms with Crippen LogP contribution in [0.5, 0.6) is 0 Å². The van der Waals surface area contributed by atoms with Crippen molar-refractivity contribution in [3.63, 3.8) is 0 Å². The van der Waals surface area contributed by atoms with Crippen molar-refractivity contribution >= 4 is 27.8 Å². The molecule has 0 aliphatic heterocycles. The van der Waals surface area contributed by atoms with Crippen molar-refractivity contribution in [3.8, 4) is 5.69 Å². The van der Waals surface area contributed by atoms with Gasteiger partial charge in [0.15, 0.2) is 5.82 Å². The monoisotopic (exact) mass is 455 g/mol. The van der Waals surface area contributed by atoms with Crippen LogP contribution in [-0.2, 0) is 4.79 Å². The van der Waals surface area contributed by atoms with Gasteiger partial charge in [0.05, 0.1) is 11.7 Å². The highest BCUT2D eigenvalue weighted by Gasteiger charge is 2.29. The summed E-state index contributed by atoms with van der Waals surface area (Å²) in [7, 11) is 0. The number of aliphatic hydroxyl groups is 1. The number of aliphatic hydroxyl groups excluding tert-OH is 1. The molecule has 0 amide bonds. The Balaban J connectivity index is 2.09. The Kier molecular flexibility index (Phi) is 6.47. The molecule has 0 spiro atoms. The summed E-state index contributed by atoms with van der Waals surface area (Å²) in [5, 5.41) is 26.5. The van der Waals surface area contributed by atoms with E-state index in [0.717, 1.165) is 11.3 Å². The van der Waals surface area contributed by atoms with Crippen LogP contribution < -0.4 is 0 Å². The summed E-state index contributed by atoms with van der Waals surface area (Å²) < 4.78 is 31.6. The first-order valence-corrected chi connectivity index (χ1v) is 11.1. The van der Waals surface area contributed by atoms with Crippen LogP contribution in [0, 0.1) is 11.6 Å². The molecule has 2 aromatic heterocycles. The lowest BCUT2D eigenvalue weighted by molar-refractivity contribution is -0.137. The topological polar surface area (TPSA) is 91.1 Å². The van der Waals surface area contributed by atoms with E-state index in [1.807, 2.05) is 24.5 Å². The largest absolute Gasteiger partial charge is 0.481 e. The molecule has 174 valence electrons. The molecule has 0 saturated heterocycles. The SMILES string of the molecule is CC(C)c1c(C(CCCO)CCC(=O)O)c2c(F)c3[nH]ncc3cc2n1-c1ccc(F)cc1. The molecule has 2 heterocycles. The molecule has 1 atom stereocenters. The van der Waals surface area contributed by atoms with Gasteiger partial charge in [-0.25, -0.2) is 8.78 Å². The number of aliphatic carboxylic acids is 1. The number of carboxylic acid groups (broad SMARTS) is 1. The van der Waals surface area contributed by atoms with E-state index < -0.39 is 11.8 Å². The number of halogens is 2.